The van der Waals surface area contributed by atoms with Crippen LogP contribution in [0.4, 0.5) is 0 Å². The van der Waals surface area contributed by atoms with Crippen molar-refractivity contribution in [1.82, 2.24) is 0 Å². The molecule has 2 aliphatic carbocycles. The summed E-state index contributed by atoms with van der Waals surface area (Å²) >= 11 is 0. The molecule has 0 aromatic heterocycles. The van der Waals surface area contributed by atoms with E-state index in [1.807, 2.05) is 0 Å². The van der Waals surface area contributed by atoms with Gasteiger partial charge in [0, 0.05) is 0 Å². The minimum atomic E-state index is -1.22. The summed E-state index contributed by atoms with van der Waals surface area (Å²) in [5, 5.41) is 2.15. The highest BCUT2D eigenvalue weighted by atomic mass is 28.3. The first-order valence-corrected chi connectivity index (χ1v) is 7.99. The molecule has 0 bridgehead atoms. The molecular weight excluding hydrogens is 172 g/mol. The van der Waals surface area contributed by atoms with Gasteiger partial charge in [-0.05, 0) is 16.2 Å². The summed E-state index contributed by atoms with van der Waals surface area (Å²) in [6.07, 6.45) is 0. The van der Waals surface area contributed by atoms with Gasteiger partial charge >= 0.3 is 0 Å². The number of hydrogen-bond donors (Lipinski definition) is 0. The van der Waals surface area contributed by atoms with Crippen LogP contribution in [0, 0.1) is 0 Å². The third kappa shape index (κ3) is 1.03. The Morgan fingerprint density at radius 3 is 1.92 bits per heavy atom. The van der Waals surface area contributed by atoms with Gasteiger partial charge in [0.15, 0.2) is 0 Å². The van der Waals surface area contributed by atoms with Crippen molar-refractivity contribution in [3.8, 4) is 11.1 Å². The van der Waals surface area contributed by atoms with Crippen molar-refractivity contribution in [3.05, 3.63) is 18.2 Å². The Morgan fingerprint density at radius 1 is 1.08 bits per heavy atom. The fourth-order valence-corrected chi connectivity index (χ4v) is 3.94. The molecule has 0 amide bonds. The lowest BCUT2D eigenvalue weighted by Crippen LogP contribution is -2.52. The zero-order valence-electron chi connectivity index (χ0n) is 9.23. The average Bonchev–Trinajstić information content (AvgIpc) is 1.92. The molecule has 2 rings (SSSR count). The molecule has 0 saturated carbocycles. The maximum absolute atomic E-state index is 2.48. The fourth-order valence-electron chi connectivity index (χ4n) is 1.71. The molecule has 2 aliphatic rings. The van der Waals surface area contributed by atoms with Crippen LogP contribution in [0.25, 0.3) is 11.1 Å². The molecule has 70 valence electrons. The van der Waals surface area contributed by atoms with Crippen molar-refractivity contribution in [1.29, 1.82) is 0 Å². The monoisotopic (exact) mass is 190 g/mol. The molecule has 0 atom stereocenters. The molecule has 0 heterocycles. The lowest BCUT2D eigenvalue weighted by molar-refractivity contribution is 0.729. The van der Waals surface area contributed by atoms with Gasteiger partial charge in [-0.1, -0.05) is 57.3 Å². The SMILES string of the molecule is CC(C)(C)[Si](C)(C)c1cc2ccc1-2. The summed E-state index contributed by atoms with van der Waals surface area (Å²) < 4.78 is 0. The largest absolute Gasteiger partial charge is 0.0867 e. The normalized spacial score (nSPS) is 14.5. The Kier molecular flexibility index (Phi) is 1.57. The first kappa shape index (κ1) is 9.01. The van der Waals surface area contributed by atoms with Gasteiger partial charge < -0.3 is 0 Å². The summed E-state index contributed by atoms with van der Waals surface area (Å²) in [5.74, 6) is 0. The number of benzene rings is 1. The first-order chi connectivity index (χ1) is 5.84. The number of fused-ring (bicyclic) bond motifs is 1. The predicted octanol–water partition coefficient (Wildman–Crippen LogP) is 3.38. The van der Waals surface area contributed by atoms with E-state index in [4.69, 9.17) is 0 Å². The molecule has 0 aliphatic heterocycles. The fraction of sp³-hybridized carbons (Fsp3) is 0.500. The van der Waals surface area contributed by atoms with E-state index in [9.17, 15) is 0 Å². The molecule has 0 N–H and O–H groups in total. The number of hydrogen-bond acceptors (Lipinski definition) is 0. The lowest BCUT2D eigenvalue weighted by Gasteiger charge is -2.42. The maximum Gasteiger partial charge on any atom is 0.0867 e. The van der Waals surface area contributed by atoms with Gasteiger partial charge in [-0.25, -0.2) is 0 Å². The molecule has 0 aromatic rings. The third-order valence-corrected chi connectivity index (χ3v) is 9.39. The van der Waals surface area contributed by atoms with Crippen LogP contribution in [0.15, 0.2) is 18.2 Å². The Labute approximate surface area is 82.0 Å². The first-order valence-electron chi connectivity index (χ1n) is 4.99. The molecule has 13 heavy (non-hydrogen) atoms. The van der Waals surface area contributed by atoms with Crippen molar-refractivity contribution in [3.63, 3.8) is 0 Å². The molecule has 0 radical (unpaired) electrons. The van der Waals surface area contributed by atoms with Crippen LogP contribution in [0.2, 0.25) is 18.1 Å². The summed E-state index contributed by atoms with van der Waals surface area (Å²) in [4.78, 5) is 0. The lowest BCUT2D eigenvalue weighted by atomic mass is 9.94. The Hall–Kier alpha value is -0.563. The van der Waals surface area contributed by atoms with Crippen molar-refractivity contribution >= 4 is 13.3 Å². The van der Waals surface area contributed by atoms with Gasteiger partial charge in [0.2, 0.25) is 0 Å². The minimum absolute atomic E-state index is 0.473. The highest BCUT2D eigenvalue weighted by Gasteiger charge is 2.40. The quantitative estimate of drug-likeness (QED) is 0.605. The van der Waals surface area contributed by atoms with Gasteiger partial charge in [0.05, 0.1) is 8.07 Å². The second-order valence-electron chi connectivity index (χ2n) is 5.64. The van der Waals surface area contributed by atoms with E-state index in [0.29, 0.717) is 5.04 Å². The summed E-state index contributed by atoms with van der Waals surface area (Å²) in [6, 6.07) is 6.88. The molecule has 0 fully saturated rings. The van der Waals surface area contributed by atoms with Crippen molar-refractivity contribution in [2.24, 2.45) is 0 Å². The van der Waals surface area contributed by atoms with Crippen LogP contribution >= 0.6 is 0 Å². The Bertz CT molecular complexity index is 356. The highest BCUT2D eigenvalue weighted by Crippen LogP contribution is 2.41. The molecule has 0 saturated heterocycles. The van der Waals surface area contributed by atoms with Crippen LogP contribution in [0.1, 0.15) is 20.8 Å². The van der Waals surface area contributed by atoms with Crippen LogP contribution in [-0.2, 0) is 0 Å². The highest BCUT2D eigenvalue weighted by molar-refractivity contribution is 6.93. The summed E-state index contributed by atoms with van der Waals surface area (Å²) in [7, 11) is -1.22. The second-order valence-corrected chi connectivity index (χ2v) is 10.9. The molecule has 0 unspecified atom stereocenters. The van der Waals surface area contributed by atoms with E-state index in [2.05, 4.69) is 52.1 Å². The van der Waals surface area contributed by atoms with E-state index >= 15 is 0 Å². The van der Waals surface area contributed by atoms with Crippen LogP contribution in [0.5, 0.6) is 0 Å². The van der Waals surface area contributed by atoms with Gasteiger partial charge in [-0.15, -0.1) is 0 Å². The zero-order valence-corrected chi connectivity index (χ0v) is 10.2. The maximum atomic E-state index is 2.48. The Morgan fingerprint density at radius 2 is 1.69 bits per heavy atom. The van der Waals surface area contributed by atoms with Crippen molar-refractivity contribution < 1.29 is 0 Å². The third-order valence-electron chi connectivity index (χ3n) is 3.88. The summed E-state index contributed by atoms with van der Waals surface area (Å²) in [5.41, 5.74) is 3.05. The van der Waals surface area contributed by atoms with Crippen molar-refractivity contribution in [2.75, 3.05) is 0 Å². The molecule has 0 spiro atoms. The standard InChI is InChI=1S/C12H18Si/c1-12(2,3)13(4,5)11-8-9-6-7-10(9)11/h6-8H,1-5H3. The Balaban J connectivity index is 2.39. The molecular formula is C12H18Si. The minimum Gasteiger partial charge on any atom is -0.0650 e. The zero-order chi connectivity index (χ0) is 9.85. The predicted molar refractivity (Wildman–Crippen MR) is 62.3 cm³/mol. The van der Waals surface area contributed by atoms with Crippen LogP contribution < -0.4 is 5.19 Å². The topological polar surface area (TPSA) is 0 Å². The van der Waals surface area contributed by atoms with Crippen molar-refractivity contribution in [2.45, 2.75) is 38.9 Å². The smallest absolute Gasteiger partial charge is 0.0650 e. The van der Waals surface area contributed by atoms with Crippen LogP contribution in [-0.4, -0.2) is 8.07 Å². The number of rotatable bonds is 1. The molecule has 1 heteroatoms. The van der Waals surface area contributed by atoms with E-state index in [-0.39, 0.29) is 0 Å². The van der Waals surface area contributed by atoms with Gasteiger partial charge in [-0.2, -0.15) is 0 Å². The molecule has 0 aromatic carbocycles. The second kappa shape index (κ2) is 2.27. The van der Waals surface area contributed by atoms with Gasteiger partial charge in [0.25, 0.3) is 0 Å². The summed E-state index contributed by atoms with van der Waals surface area (Å²) in [6.45, 7) is 12.1. The van der Waals surface area contributed by atoms with E-state index in [0.717, 1.165) is 0 Å². The van der Waals surface area contributed by atoms with E-state index < -0.39 is 8.07 Å². The van der Waals surface area contributed by atoms with Gasteiger partial charge in [-0.3, -0.25) is 0 Å². The molecule has 0 nitrogen and oxygen atoms in total. The average molecular weight is 190 g/mol. The van der Waals surface area contributed by atoms with Crippen LogP contribution in [0.3, 0.4) is 0 Å². The van der Waals surface area contributed by atoms with E-state index in [1.54, 1.807) is 10.8 Å². The van der Waals surface area contributed by atoms with Gasteiger partial charge in [0.1, 0.15) is 0 Å². The van der Waals surface area contributed by atoms with E-state index in [1.165, 1.54) is 5.56 Å².